The summed E-state index contributed by atoms with van der Waals surface area (Å²) in [6, 6.07) is 0. The van der Waals surface area contributed by atoms with Crippen molar-refractivity contribution in [1.82, 2.24) is 0 Å². The molecule has 0 amide bonds. The summed E-state index contributed by atoms with van der Waals surface area (Å²) in [6.07, 6.45) is 1.31. The molecule has 6 heteroatoms. The monoisotopic (exact) mass is 236 g/mol. The molecule has 1 fully saturated rings. The number of hydrogen-bond donors (Lipinski definition) is 1. The average molecular weight is 236 g/mol. The lowest BCUT2D eigenvalue weighted by atomic mass is 10.1. The number of ether oxygens (including phenoxy) is 1. The molecule has 0 aromatic rings. The highest BCUT2D eigenvalue weighted by Crippen LogP contribution is 2.49. The van der Waals surface area contributed by atoms with E-state index in [4.69, 9.17) is 9.84 Å². The molecule has 0 heterocycles. The van der Waals surface area contributed by atoms with Gasteiger partial charge in [-0.05, 0) is 25.2 Å². The second-order valence-corrected chi connectivity index (χ2v) is 6.08. The normalized spacial score (nSPS) is 18.7. The van der Waals surface area contributed by atoms with E-state index in [1.54, 1.807) is 6.92 Å². The Hall–Kier alpha value is -0.620. The van der Waals surface area contributed by atoms with Gasteiger partial charge < -0.3 is 9.84 Å². The van der Waals surface area contributed by atoms with Gasteiger partial charge >= 0.3 is 5.97 Å². The topological polar surface area (TPSA) is 80.7 Å². The van der Waals surface area contributed by atoms with Crippen LogP contribution in [0.3, 0.4) is 0 Å². The van der Waals surface area contributed by atoms with Crippen molar-refractivity contribution in [3.05, 3.63) is 0 Å². The maximum Gasteiger partial charge on any atom is 0.303 e. The smallest absolute Gasteiger partial charge is 0.303 e. The number of carboxylic acid groups (broad SMARTS) is 1. The van der Waals surface area contributed by atoms with Crippen LogP contribution in [0.25, 0.3) is 0 Å². The van der Waals surface area contributed by atoms with E-state index in [9.17, 15) is 13.2 Å². The van der Waals surface area contributed by atoms with Gasteiger partial charge in [-0.2, -0.15) is 0 Å². The predicted molar refractivity (Wildman–Crippen MR) is 54.2 cm³/mol. The molecule has 1 aliphatic rings. The van der Waals surface area contributed by atoms with Gasteiger partial charge in [0.2, 0.25) is 0 Å². The summed E-state index contributed by atoms with van der Waals surface area (Å²) in [7, 11) is -3.27. The summed E-state index contributed by atoms with van der Waals surface area (Å²) < 4.78 is 27.9. The van der Waals surface area contributed by atoms with Gasteiger partial charge in [0.1, 0.15) is 5.94 Å². The van der Waals surface area contributed by atoms with Gasteiger partial charge in [0.25, 0.3) is 0 Å². The molecule has 0 spiro atoms. The Kier molecular flexibility index (Phi) is 3.72. The number of carboxylic acids is 1. The highest BCUT2D eigenvalue weighted by molar-refractivity contribution is 7.91. The number of hydrogen-bond acceptors (Lipinski definition) is 4. The molecular weight excluding hydrogens is 220 g/mol. The van der Waals surface area contributed by atoms with Crippen molar-refractivity contribution in [2.45, 2.75) is 26.2 Å². The fraction of sp³-hybridized carbons (Fsp3) is 0.889. The summed E-state index contributed by atoms with van der Waals surface area (Å²) >= 11 is 0. The fourth-order valence-corrected chi connectivity index (χ4v) is 3.42. The van der Waals surface area contributed by atoms with E-state index in [0.29, 0.717) is 19.4 Å². The van der Waals surface area contributed by atoms with Gasteiger partial charge in [0, 0.05) is 6.61 Å². The van der Waals surface area contributed by atoms with Gasteiger partial charge in [0.05, 0.1) is 12.2 Å². The van der Waals surface area contributed by atoms with Crippen molar-refractivity contribution in [2.24, 2.45) is 5.41 Å². The molecule has 0 aromatic carbocycles. The predicted octanol–water partition coefficient (Wildman–Crippen LogP) is 0.650. The zero-order valence-electron chi connectivity index (χ0n) is 8.73. The number of rotatable bonds is 7. The van der Waals surface area contributed by atoms with Gasteiger partial charge in [-0.3, -0.25) is 4.79 Å². The molecule has 1 aliphatic carbocycles. The lowest BCUT2D eigenvalue weighted by Gasteiger charge is -2.12. The average Bonchev–Trinajstić information content (AvgIpc) is 2.79. The molecule has 5 nitrogen and oxygen atoms in total. The van der Waals surface area contributed by atoms with Gasteiger partial charge in [-0.15, -0.1) is 0 Å². The Morgan fingerprint density at radius 2 is 2.07 bits per heavy atom. The lowest BCUT2D eigenvalue weighted by molar-refractivity contribution is -0.138. The van der Waals surface area contributed by atoms with Crippen molar-refractivity contribution in [1.29, 1.82) is 0 Å². The molecule has 0 bridgehead atoms. The SMILES string of the molecule is CCOCS(=O)(=O)CC1(CC(=O)O)CC1. The lowest BCUT2D eigenvalue weighted by Crippen LogP contribution is -2.23. The molecule has 0 aromatic heterocycles. The molecule has 0 aliphatic heterocycles. The van der Waals surface area contributed by atoms with Crippen molar-refractivity contribution in [3.63, 3.8) is 0 Å². The van der Waals surface area contributed by atoms with Crippen LogP contribution in [0.1, 0.15) is 26.2 Å². The van der Waals surface area contributed by atoms with Crippen LogP contribution >= 0.6 is 0 Å². The molecule has 1 rings (SSSR count). The molecule has 1 saturated carbocycles. The largest absolute Gasteiger partial charge is 0.481 e. The van der Waals surface area contributed by atoms with Crippen LogP contribution in [0.4, 0.5) is 0 Å². The zero-order chi connectivity index (χ0) is 11.5. The van der Waals surface area contributed by atoms with Crippen molar-refractivity contribution in [3.8, 4) is 0 Å². The van der Waals surface area contributed by atoms with E-state index in [0.717, 1.165) is 0 Å². The molecule has 0 saturated heterocycles. The van der Waals surface area contributed by atoms with Crippen LogP contribution in [-0.2, 0) is 19.4 Å². The number of aliphatic carboxylic acids is 1. The first kappa shape index (κ1) is 12.4. The molecule has 15 heavy (non-hydrogen) atoms. The second kappa shape index (κ2) is 4.49. The van der Waals surface area contributed by atoms with Gasteiger partial charge in [-0.1, -0.05) is 0 Å². The van der Waals surface area contributed by atoms with Crippen molar-refractivity contribution >= 4 is 15.8 Å². The van der Waals surface area contributed by atoms with Crippen LogP contribution < -0.4 is 0 Å². The van der Waals surface area contributed by atoms with E-state index in [1.807, 2.05) is 0 Å². The van der Waals surface area contributed by atoms with Crippen LogP contribution in [0, 0.1) is 5.41 Å². The summed E-state index contributed by atoms with van der Waals surface area (Å²) in [4.78, 5) is 10.5. The summed E-state index contributed by atoms with van der Waals surface area (Å²) in [6.45, 7) is 2.07. The minimum Gasteiger partial charge on any atom is -0.481 e. The molecule has 0 atom stereocenters. The quantitative estimate of drug-likeness (QED) is 0.702. The molecule has 1 N–H and O–H groups in total. The molecule has 88 valence electrons. The second-order valence-electron chi connectivity index (χ2n) is 4.07. The van der Waals surface area contributed by atoms with E-state index >= 15 is 0 Å². The maximum atomic E-state index is 11.5. The maximum absolute atomic E-state index is 11.5. The highest BCUT2D eigenvalue weighted by Gasteiger charge is 2.47. The van der Waals surface area contributed by atoms with Gasteiger partial charge in [-0.25, -0.2) is 8.42 Å². The van der Waals surface area contributed by atoms with E-state index in [-0.39, 0.29) is 18.1 Å². The van der Waals surface area contributed by atoms with E-state index in [1.165, 1.54) is 0 Å². The third kappa shape index (κ3) is 4.17. The fourth-order valence-electron chi connectivity index (χ4n) is 1.59. The van der Waals surface area contributed by atoms with Crippen molar-refractivity contribution in [2.75, 3.05) is 18.3 Å². The third-order valence-corrected chi connectivity index (χ3v) is 4.05. The standard InChI is InChI=1S/C9H16O5S/c1-2-14-7-15(12,13)6-9(3-4-9)5-8(10)11/h2-7H2,1H3,(H,10,11). The first-order valence-electron chi connectivity index (χ1n) is 4.89. The first-order chi connectivity index (χ1) is 6.89. The summed E-state index contributed by atoms with van der Waals surface area (Å²) in [5, 5.41) is 8.64. The summed E-state index contributed by atoms with van der Waals surface area (Å²) in [5.74, 6) is -1.30. The number of sulfone groups is 1. The highest BCUT2D eigenvalue weighted by atomic mass is 32.2. The molecular formula is C9H16O5S. The molecule has 0 radical (unpaired) electrons. The van der Waals surface area contributed by atoms with Crippen LogP contribution in [0.15, 0.2) is 0 Å². The Balaban J connectivity index is 2.50. The zero-order valence-corrected chi connectivity index (χ0v) is 9.55. The Morgan fingerprint density at radius 3 is 2.47 bits per heavy atom. The van der Waals surface area contributed by atoms with Crippen LogP contribution in [-0.4, -0.2) is 37.8 Å². The number of carbonyl (C=O) groups is 1. The third-order valence-electron chi connectivity index (χ3n) is 2.48. The minimum absolute atomic E-state index is 0.0572. The summed E-state index contributed by atoms with van der Waals surface area (Å²) in [5.41, 5.74) is -0.512. The molecule has 0 unspecified atom stereocenters. The van der Waals surface area contributed by atoms with Crippen LogP contribution in [0.5, 0.6) is 0 Å². The van der Waals surface area contributed by atoms with Crippen molar-refractivity contribution < 1.29 is 23.1 Å². The van der Waals surface area contributed by atoms with E-state index in [2.05, 4.69) is 0 Å². The van der Waals surface area contributed by atoms with Crippen LogP contribution in [0.2, 0.25) is 0 Å². The Bertz CT molecular complexity index is 328. The Morgan fingerprint density at radius 1 is 1.47 bits per heavy atom. The van der Waals surface area contributed by atoms with E-state index < -0.39 is 21.2 Å². The van der Waals surface area contributed by atoms with Gasteiger partial charge in [0.15, 0.2) is 9.84 Å². The Labute approximate surface area is 89.3 Å². The first-order valence-corrected chi connectivity index (χ1v) is 6.71. The minimum atomic E-state index is -3.27.